The standard InChI is InChI=1S/C26H28N4O3S2/c1-5-32-22-15-18(8-11-21(22)33-12-13-34-19-9-6-17(4)7-10-19)14-20-23(27)30-26(28-24(20)31)35-25(29-30)16(2)3/h6-11,14-16,27H,5,12-13H2,1-4H3/b20-14-,27-23?. The fraction of sp³-hybridized carbons (Fsp3) is 0.308. The van der Waals surface area contributed by atoms with E-state index in [4.69, 9.17) is 14.9 Å². The molecule has 2 aliphatic rings. The van der Waals surface area contributed by atoms with Crippen LogP contribution in [-0.4, -0.2) is 45.9 Å². The van der Waals surface area contributed by atoms with Gasteiger partial charge in [-0.15, -0.1) is 11.8 Å². The molecule has 4 rings (SSSR count). The number of hydrogen-bond acceptors (Lipinski definition) is 7. The van der Waals surface area contributed by atoms with Gasteiger partial charge in [0.1, 0.15) is 5.04 Å². The highest BCUT2D eigenvalue weighted by atomic mass is 32.2. The minimum absolute atomic E-state index is 0.0227. The molecule has 9 heteroatoms. The molecule has 0 fully saturated rings. The molecular formula is C26H28N4O3S2. The Hall–Kier alpha value is -3.04. The second-order valence-corrected chi connectivity index (χ2v) is 10.4. The van der Waals surface area contributed by atoms with Crippen molar-refractivity contribution in [3.05, 3.63) is 59.2 Å². The summed E-state index contributed by atoms with van der Waals surface area (Å²) in [5.41, 5.74) is 2.15. The maximum absolute atomic E-state index is 12.7. The summed E-state index contributed by atoms with van der Waals surface area (Å²) in [6.07, 6.45) is 1.65. The molecular weight excluding hydrogens is 480 g/mol. The molecule has 0 radical (unpaired) electrons. The van der Waals surface area contributed by atoms with Gasteiger partial charge in [0.2, 0.25) is 5.17 Å². The van der Waals surface area contributed by atoms with Crippen LogP contribution < -0.4 is 9.47 Å². The van der Waals surface area contributed by atoms with Crippen LogP contribution in [0.1, 0.15) is 31.9 Å². The van der Waals surface area contributed by atoms with E-state index >= 15 is 0 Å². The Morgan fingerprint density at radius 3 is 2.63 bits per heavy atom. The van der Waals surface area contributed by atoms with E-state index in [1.165, 1.54) is 27.2 Å². The molecule has 1 N–H and O–H groups in total. The molecule has 0 saturated carbocycles. The minimum atomic E-state index is -0.444. The van der Waals surface area contributed by atoms with Gasteiger partial charge in [-0.1, -0.05) is 37.6 Å². The number of ether oxygens (including phenoxy) is 2. The van der Waals surface area contributed by atoms with Crippen LogP contribution in [-0.2, 0) is 4.79 Å². The second kappa shape index (κ2) is 11.1. The van der Waals surface area contributed by atoms with Crippen molar-refractivity contribution in [2.24, 2.45) is 16.0 Å². The van der Waals surface area contributed by atoms with Gasteiger partial charge in [-0.05, 0) is 61.5 Å². The predicted octanol–water partition coefficient (Wildman–Crippen LogP) is 5.84. The minimum Gasteiger partial charge on any atom is -0.490 e. The van der Waals surface area contributed by atoms with Crippen LogP contribution in [0, 0.1) is 18.3 Å². The van der Waals surface area contributed by atoms with Gasteiger partial charge in [0.15, 0.2) is 17.3 Å². The molecule has 2 heterocycles. The quantitative estimate of drug-likeness (QED) is 0.260. The van der Waals surface area contributed by atoms with Crippen molar-refractivity contribution in [1.29, 1.82) is 5.41 Å². The summed E-state index contributed by atoms with van der Waals surface area (Å²) in [4.78, 5) is 18.0. The lowest BCUT2D eigenvalue weighted by Gasteiger charge is -2.20. The van der Waals surface area contributed by atoms with Gasteiger partial charge in [-0.25, -0.2) is 0 Å². The van der Waals surface area contributed by atoms with Gasteiger partial charge in [-0.3, -0.25) is 10.2 Å². The van der Waals surface area contributed by atoms with Crippen LogP contribution >= 0.6 is 23.5 Å². The number of amidine groups is 2. The molecule has 7 nitrogen and oxygen atoms in total. The van der Waals surface area contributed by atoms with Crippen molar-refractivity contribution < 1.29 is 14.3 Å². The number of carbonyl (C=O) groups is 1. The van der Waals surface area contributed by atoms with Gasteiger partial charge in [0.25, 0.3) is 5.91 Å². The smallest absolute Gasteiger partial charge is 0.283 e. The van der Waals surface area contributed by atoms with Crippen LogP contribution in [0.4, 0.5) is 0 Å². The van der Waals surface area contributed by atoms with E-state index < -0.39 is 5.91 Å². The van der Waals surface area contributed by atoms with Crippen LogP contribution in [0.15, 0.2) is 63.0 Å². The monoisotopic (exact) mass is 508 g/mol. The van der Waals surface area contributed by atoms with E-state index in [1.807, 2.05) is 39.0 Å². The third-order valence-electron chi connectivity index (χ3n) is 5.17. The van der Waals surface area contributed by atoms with Gasteiger partial charge in [0, 0.05) is 16.6 Å². The number of hydrazone groups is 1. The molecule has 1 amide bonds. The Kier molecular flexibility index (Phi) is 7.97. The molecule has 2 aromatic carbocycles. The number of benzene rings is 2. The molecule has 35 heavy (non-hydrogen) atoms. The first kappa shape index (κ1) is 25.1. The fourth-order valence-corrected chi connectivity index (χ4v) is 4.98. The zero-order valence-corrected chi connectivity index (χ0v) is 21.8. The number of nitrogens with one attached hydrogen (secondary N) is 1. The molecule has 0 atom stereocenters. The van der Waals surface area contributed by atoms with Crippen molar-refractivity contribution in [3.63, 3.8) is 0 Å². The summed E-state index contributed by atoms with van der Waals surface area (Å²) < 4.78 is 11.8. The first-order chi connectivity index (χ1) is 16.9. The number of amides is 1. The Morgan fingerprint density at radius 2 is 1.91 bits per heavy atom. The zero-order chi connectivity index (χ0) is 24.9. The highest BCUT2D eigenvalue weighted by molar-refractivity contribution is 8.27. The van der Waals surface area contributed by atoms with E-state index in [0.717, 1.165) is 16.4 Å². The molecule has 0 unspecified atom stereocenters. The van der Waals surface area contributed by atoms with E-state index in [9.17, 15) is 4.79 Å². The number of aliphatic imine (C=N–C) groups is 1. The van der Waals surface area contributed by atoms with Crippen molar-refractivity contribution >= 4 is 51.6 Å². The lowest BCUT2D eigenvalue weighted by atomic mass is 10.1. The van der Waals surface area contributed by atoms with Gasteiger partial charge in [-0.2, -0.15) is 15.1 Å². The van der Waals surface area contributed by atoms with Gasteiger partial charge >= 0.3 is 0 Å². The molecule has 182 valence electrons. The lowest BCUT2D eigenvalue weighted by molar-refractivity contribution is -0.114. The third kappa shape index (κ3) is 5.97. The Morgan fingerprint density at radius 1 is 1.14 bits per heavy atom. The maximum atomic E-state index is 12.7. The summed E-state index contributed by atoms with van der Waals surface area (Å²) >= 11 is 3.07. The van der Waals surface area contributed by atoms with Crippen molar-refractivity contribution in [3.8, 4) is 11.5 Å². The number of nitrogens with zero attached hydrogens (tertiary/aromatic N) is 3. The summed E-state index contributed by atoms with van der Waals surface area (Å²) in [5, 5.41) is 15.7. The number of hydrogen-bond donors (Lipinski definition) is 1. The third-order valence-corrected chi connectivity index (χ3v) is 7.36. The molecule has 0 bridgehead atoms. The number of aryl methyl sites for hydroxylation is 1. The fourth-order valence-electron chi connectivity index (χ4n) is 3.35. The Labute approximate surface area is 214 Å². The molecule has 0 saturated heterocycles. The maximum Gasteiger partial charge on any atom is 0.283 e. The van der Waals surface area contributed by atoms with Crippen LogP contribution in [0.25, 0.3) is 6.08 Å². The molecule has 2 aliphatic heterocycles. The van der Waals surface area contributed by atoms with Crippen molar-refractivity contribution in [2.45, 2.75) is 32.6 Å². The summed E-state index contributed by atoms with van der Waals surface area (Å²) in [5.74, 6) is 1.82. The van der Waals surface area contributed by atoms with E-state index in [1.54, 1.807) is 17.8 Å². The summed E-state index contributed by atoms with van der Waals surface area (Å²) in [7, 11) is 0. The Bertz CT molecular complexity index is 1220. The van der Waals surface area contributed by atoms with Crippen LogP contribution in [0.5, 0.6) is 11.5 Å². The first-order valence-corrected chi connectivity index (χ1v) is 13.2. The van der Waals surface area contributed by atoms with Crippen LogP contribution in [0.3, 0.4) is 0 Å². The average Bonchev–Trinajstić information content (AvgIpc) is 3.26. The summed E-state index contributed by atoms with van der Waals surface area (Å²) in [6.45, 7) is 9.04. The number of thioether (sulfide) groups is 2. The normalized spacial score (nSPS) is 16.5. The highest BCUT2D eigenvalue weighted by Crippen LogP contribution is 2.33. The van der Waals surface area contributed by atoms with Crippen molar-refractivity contribution in [1.82, 2.24) is 5.01 Å². The van der Waals surface area contributed by atoms with Crippen LogP contribution in [0.2, 0.25) is 0 Å². The topological polar surface area (TPSA) is 87.3 Å². The lowest BCUT2D eigenvalue weighted by Crippen LogP contribution is -2.35. The Balaban J connectivity index is 1.46. The zero-order valence-electron chi connectivity index (χ0n) is 20.2. The average molecular weight is 509 g/mol. The summed E-state index contributed by atoms with van der Waals surface area (Å²) in [6, 6.07) is 13.9. The second-order valence-electron chi connectivity index (χ2n) is 8.26. The van der Waals surface area contributed by atoms with Gasteiger partial charge in [0.05, 0.1) is 18.8 Å². The molecule has 0 aromatic heterocycles. The molecule has 0 spiro atoms. The molecule has 0 aliphatic carbocycles. The van der Waals surface area contributed by atoms with E-state index in [2.05, 4.69) is 41.3 Å². The SMILES string of the molecule is CCOc1cc(/C=C2/C(=N)N3N=C(C(C)C)SC3=NC2=O)ccc1OCCSc1ccc(C)cc1. The molecule has 2 aromatic rings. The van der Waals surface area contributed by atoms with E-state index in [0.29, 0.717) is 29.9 Å². The highest BCUT2D eigenvalue weighted by Gasteiger charge is 2.36. The first-order valence-electron chi connectivity index (χ1n) is 11.4. The predicted molar refractivity (Wildman–Crippen MR) is 145 cm³/mol. The largest absolute Gasteiger partial charge is 0.490 e. The van der Waals surface area contributed by atoms with Crippen molar-refractivity contribution in [2.75, 3.05) is 19.0 Å². The number of rotatable bonds is 9. The van der Waals surface area contributed by atoms with Gasteiger partial charge < -0.3 is 9.47 Å². The number of carbonyl (C=O) groups excluding carboxylic acids is 1. The number of fused-ring (bicyclic) bond motifs is 1. The van der Waals surface area contributed by atoms with E-state index in [-0.39, 0.29) is 17.3 Å².